The van der Waals surface area contributed by atoms with Crippen molar-refractivity contribution in [3.63, 3.8) is 0 Å². The molecule has 1 heterocycles. The molecule has 0 saturated carbocycles. The molecule has 0 fully saturated rings. The Bertz CT molecular complexity index is 1110. The first-order valence-electron chi connectivity index (χ1n) is 10.1. The predicted molar refractivity (Wildman–Crippen MR) is 121 cm³/mol. The predicted octanol–water partition coefficient (Wildman–Crippen LogP) is 4.79. The Hall–Kier alpha value is -3.01. The highest BCUT2D eigenvalue weighted by Gasteiger charge is 2.32. The van der Waals surface area contributed by atoms with Crippen molar-refractivity contribution in [2.45, 2.75) is 37.5 Å². The zero-order chi connectivity index (χ0) is 24.2. The molecule has 0 spiro atoms. The number of aromatic nitrogens is 3. The lowest BCUT2D eigenvalue weighted by molar-refractivity contribution is -0.137. The van der Waals surface area contributed by atoms with E-state index in [1.54, 1.807) is 27.0 Å². The van der Waals surface area contributed by atoms with Gasteiger partial charge in [-0.2, -0.15) is 13.2 Å². The molecule has 0 radical (unpaired) electrons. The third-order valence-corrected chi connectivity index (χ3v) is 6.09. The van der Waals surface area contributed by atoms with E-state index >= 15 is 0 Å². The number of amides is 1. The molecule has 3 aromatic rings. The van der Waals surface area contributed by atoms with Crippen LogP contribution in [0.4, 0.5) is 13.2 Å². The minimum Gasteiger partial charge on any atom is -0.497 e. The lowest BCUT2D eigenvalue weighted by atomic mass is 9.83. The molecule has 1 amide bonds. The summed E-state index contributed by atoms with van der Waals surface area (Å²) in [6.07, 6.45) is -4.41. The van der Waals surface area contributed by atoms with Crippen LogP contribution in [-0.2, 0) is 16.4 Å². The van der Waals surface area contributed by atoms with Crippen molar-refractivity contribution in [3.8, 4) is 11.4 Å². The van der Waals surface area contributed by atoms with Crippen LogP contribution in [0.3, 0.4) is 0 Å². The summed E-state index contributed by atoms with van der Waals surface area (Å²) < 4.78 is 46.1. The van der Waals surface area contributed by atoms with Crippen LogP contribution in [0.25, 0.3) is 5.69 Å². The van der Waals surface area contributed by atoms with Gasteiger partial charge in [0.2, 0.25) is 5.91 Å². The standard InChI is InChI=1S/C23H25F3N4O2S/c1-15-28-29-21(30(15)18-8-10-19(32-4)11-9-18)33-13-20(31)27-14-22(2,3)16-6-5-7-17(12-16)23(24,25)26/h5-12H,13-14H2,1-4H3,(H,27,31). The van der Waals surface area contributed by atoms with Crippen LogP contribution in [0.5, 0.6) is 5.75 Å². The van der Waals surface area contributed by atoms with Crippen LogP contribution in [0.15, 0.2) is 53.7 Å². The molecule has 0 aliphatic rings. The number of hydrogen-bond acceptors (Lipinski definition) is 5. The zero-order valence-corrected chi connectivity index (χ0v) is 19.5. The molecule has 10 heteroatoms. The number of carbonyl (C=O) groups excluding carboxylic acids is 1. The van der Waals surface area contributed by atoms with Gasteiger partial charge in [-0.25, -0.2) is 0 Å². The average molecular weight is 479 g/mol. The molecule has 0 bridgehead atoms. The third-order valence-electron chi connectivity index (χ3n) is 5.16. The summed E-state index contributed by atoms with van der Waals surface area (Å²) in [5, 5.41) is 11.6. The Morgan fingerprint density at radius 2 is 1.76 bits per heavy atom. The zero-order valence-electron chi connectivity index (χ0n) is 18.7. The van der Waals surface area contributed by atoms with Crippen molar-refractivity contribution in [1.29, 1.82) is 0 Å². The average Bonchev–Trinajstić information content (AvgIpc) is 3.16. The van der Waals surface area contributed by atoms with Gasteiger partial charge in [0.15, 0.2) is 5.16 Å². The van der Waals surface area contributed by atoms with Gasteiger partial charge in [-0.3, -0.25) is 9.36 Å². The van der Waals surface area contributed by atoms with E-state index in [0.717, 1.165) is 23.6 Å². The first kappa shape index (κ1) is 24.6. The van der Waals surface area contributed by atoms with Crippen LogP contribution in [0.1, 0.15) is 30.8 Å². The highest BCUT2D eigenvalue weighted by molar-refractivity contribution is 7.99. The first-order chi connectivity index (χ1) is 15.5. The second-order valence-corrected chi connectivity index (χ2v) is 9.03. The smallest absolute Gasteiger partial charge is 0.416 e. The summed E-state index contributed by atoms with van der Waals surface area (Å²) in [5.41, 5.74) is -0.0448. The monoisotopic (exact) mass is 478 g/mol. The molecule has 2 aromatic carbocycles. The SMILES string of the molecule is COc1ccc(-n2c(C)nnc2SCC(=O)NCC(C)(C)c2cccc(C(F)(F)F)c2)cc1. The van der Waals surface area contributed by atoms with Crippen LogP contribution in [0.2, 0.25) is 0 Å². The number of ether oxygens (including phenoxy) is 1. The summed E-state index contributed by atoms with van der Waals surface area (Å²) in [4.78, 5) is 12.5. The molecular formula is C23H25F3N4O2S. The largest absolute Gasteiger partial charge is 0.497 e. The van der Waals surface area contributed by atoms with E-state index in [4.69, 9.17) is 4.74 Å². The highest BCUT2D eigenvalue weighted by atomic mass is 32.2. The fourth-order valence-corrected chi connectivity index (χ4v) is 4.01. The summed E-state index contributed by atoms with van der Waals surface area (Å²) >= 11 is 1.23. The number of benzene rings is 2. The Balaban J connectivity index is 1.62. The van der Waals surface area contributed by atoms with Gasteiger partial charge < -0.3 is 10.1 Å². The van der Waals surface area contributed by atoms with Gasteiger partial charge in [0, 0.05) is 17.6 Å². The lowest BCUT2D eigenvalue weighted by Crippen LogP contribution is -2.37. The van der Waals surface area contributed by atoms with Gasteiger partial charge in [-0.1, -0.05) is 43.8 Å². The maximum atomic E-state index is 13.0. The number of methoxy groups -OCH3 is 1. The minimum atomic E-state index is -4.41. The van der Waals surface area contributed by atoms with Crippen molar-refractivity contribution in [2.75, 3.05) is 19.4 Å². The molecule has 1 aromatic heterocycles. The molecule has 1 N–H and O–H groups in total. The van der Waals surface area contributed by atoms with Gasteiger partial charge in [-0.05, 0) is 42.8 Å². The number of nitrogens with zero attached hydrogens (tertiary/aromatic N) is 3. The molecule has 176 valence electrons. The van der Waals surface area contributed by atoms with E-state index in [1.807, 2.05) is 35.8 Å². The van der Waals surface area contributed by atoms with E-state index < -0.39 is 17.2 Å². The number of carbonyl (C=O) groups is 1. The van der Waals surface area contributed by atoms with E-state index in [-0.39, 0.29) is 18.2 Å². The van der Waals surface area contributed by atoms with E-state index in [9.17, 15) is 18.0 Å². The van der Waals surface area contributed by atoms with Crippen molar-refractivity contribution in [3.05, 3.63) is 65.5 Å². The van der Waals surface area contributed by atoms with E-state index in [0.29, 0.717) is 16.5 Å². The molecule has 0 saturated heterocycles. The van der Waals surface area contributed by atoms with Crippen LogP contribution >= 0.6 is 11.8 Å². The Kier molecular flexibility index (Phi) is 7.36. The molecule has 3 rings (SSSR count). The second kappa shape index (κ2) is 9.86. The van der Waals surface area contributed by atoms with E-state index in [1.165, 1.54) is 17.8 Å². The number of rotatable bonds is 8. The number of nitrogens with one attached hydrogen (secondary N) is 1. The summed E-state index contributed by atoms with van der Waals surface area (Å²) in [7, 11) is 1.59. The highest BCUT2D eigenvalue weighted by Crippen LogP contribution is 2.32. The molecular weight excluding hydrogens is 453 g/mol. The topological polar surface area (TPSA) is 69.0 Å². The third kappa shape index (κ3) is 6.07. The normalized spacial score (nSPS) is 12.0. The molecule has 6 nitrogen and oxygen atoms in total. The number of alkyl halides is 3. The van der Waals surface area contributed by atoms with Crippen molar-refractivity contribution in [2.24, 2.45) is 0 Å². The van der Waals surface area contributed by atoms with Crippen LogP contribution in [0, 0.1) is 6.92 Å². The lowest BCUT2D eigenvalue weighted by Gasteiger charge is -2.26. The molecule has 0 unspecified atom stereocenters. The number of aryl methyl sites for hydroxylation is 1. The van der Waals surface area contributed by atoms with Gasteiger partial charge >= 0.3 is 6.18 Å². The maximum Gasteiger partial charge on any atom is 0.416 e. The summed E-state index contributed by atoms with van der Waals surface area (Å²) in [6.45, 7) is 5.59. The number of thioether (sulfide) groups is 1. The fourth-order valence-electron chi connectivity index (χ4n) is 3.18. The number of hydrogen-bond donors (Lipinski definition) is 1. The Morgan fingerprint density at radius 1 is 1.09 bits per heavy atom. The Morgan fingerprint density at radius 3 is 2.39 bits per heavy atom. The van der Waals surface area contributed by atoms with Gasteiger partial charge in [0.1, 0.15) is 11.6 Å². The molecule has 0 aliphatic heterocycles. The molecule has 0 atom stereocenters. The van der Waals surface area contributed by atoms with Gasteiger partial charge in [0.05, 0.1) is 18.4 Å². The van der Waals surface area contributed by atoms with E-state index in [2.05, 4.69) is 15.5 Å². The first-order valence-corrected chi connectivity index (χ1v) is 11.1. The molecule has 0 aliphatic carbocycles. The van der Waals surface area contributed by atoms with Gasteiger partial charge in [-0.15, -0.1) is 10.2 Å². The van der Waals surface area contributed by atoms with Crippen molar-refractivity contribution < 1.29 is 22.7 Å². The van der Waals surface area contributed by atoms with Crippen molar-refractivity contribution in [1.82, 2.24) is 20.1 Å². The van der Waals surface area contributed by atoms with Crippen LogP contribution < -0.4 is 10.1 Å². The summed E-state index contributed by atoms with van der Waals surface area (Å²) in [5.74, 6) is 1.24. The molecule has 33 heavy (non-hydrogen) atoms. The summed E-state index contributed by atoms with van der Waals surface area (Å²) in [6, 6.07) is 12.6. The second-order valence-electron chi connectivity index (χ2n) is 8.09. The van der Waals surface area contributed by atoms with Crippen molar-refractivity contribution >= 4 is 17.7 Å². The quantitative estimate of drug-likeness (QED) is 0.472. The Labute approximate surface area is 194 Å². The van der Waals surface area contributed by atoms with Crippen LogP contribution in [-0.4, -0.2) is 40.1 Å². The fraction of sp³-hybridized carbons (Fsp3) is 0.348. The number of halogens is 3. The minimum absolute atomic E-state index is 0.0902. The maximum absolute atomic E-state index is 13.0. The van der Waals surface area contributed by atoms with Gasteiger partial charge in [0.25, 0.3) is 0 Å².